The van der Waals surface area contributed by atoms with Crippen molar-refractivity contribution in [3.05, 3.63) is 35.6 Å². The van der Waals surface area contributed by atoms with E-state index in [0.29, 0.717) is 5.92 Å². The minimum Gasteiger partial charge on any atom is -0.459 e. The topological polar surface area (TPSA) is 39.2 Å². The van der Waals surface area contributed by atoms with E-state index in [4.69, 9.17) is 10.2 Å². The molecule has 2 heteroatoms. The summed E-state index contributed by atoms with van der Waals surface area (Å²) < 4.78 is 5.80. The van der Waals surface area contributed by atoms with Gasteiger partial charge in [0.05, 0.1) is 6.04 Å². The summed E-state index contributed by atoms with van der Waals surface area (Å²) in [7, 11) is 0. The standard InChI is InChI=1S/C13H17NO/c1-8(2)12(14)11-7-10-6-4-5-9(3)13(10)15-11/h4-8,12H,14H2,1-3H3/t12-/m1/s1. The maximum Gasteiger partial charge on any atom is 0.137 e. The van der Waals surface area contributed by atoms with E-state index in [0.717, 1.165) is 22.3 Å². The molecule has 0 saturated carbocycles. The molecule has 80 valence electrons. The van der Waals surface area contributed by atoms with Crippen LogP contribution in [-0.4, -0.2) is 0 Å². The van der Waals surface area contributed by atoms with Gasteiger partial charge < -0.3 is 10.2 Å². The zero-order valence-electron chi connectivity index (χ0n) is 9.45. The molecule has 0 spiro atoms. The number of fused-ring (bicyclic) bond motifs is 1. The Labute approximate surface area is 90.1 Å². The Morgan fingerprint density at radius 2 is 2.00 bits per heavy atom. The average molecular weight is 203 g/mol. The molecule has 0 radical (unpaired) electrons. The molecule has 1 aromatic heterocycles. The first-order chi connectivity index (χ1) is 7.09. The zero-order chi connectivity index (χ0) is 11.0. The Hall–Kier alpha value is -1.28. The second-order valence-electron chi connectivity index (χ2n) is 4.41. The van der Waals surface area contributed by atoms with Gasteiger partial charge in [0.1, 0.15) is 11.3 Å². The Morgan fingerprint density at radius 3 is 2.60 bits per heavy atom. The SMILES string of the molecule is Cc1cccc2cc([C@H](N)C(C)C)oc12. The van der Waals surface area contributed by atoms with E-state index in [1.54, 1.807) is 0 Å². The van der Waals surface area contributed by atoms with Crippen molar-refractivity contribution in [1.29, 1.82) is 0 Å². The summed E-state index contributed by atoms with van der Waals surface area (Å²) in [5.41, 5.74) is 8.18. The maximum atomic E-state index is 6.06. The lowest BCUT2D eigenvalue weighted by Crippen LogP contribution is -2.15. The normalized spacial score (nSPS) is 13.7. The Morgan fingerprint density at radius 1 is 1.27 bits per heavy atom. The summed E-state index contributed by atoms with van der Waals surface area (Å²) in [5, 5.41) is 1.14. The number of furan rings is 1. The first kappa shape index (κ1) is 10.2. The summed E-state index contributed by atoms with van der Waals surface area (Å²) in [4.78, 5) is 0. The van der Waals surface area contributed by atoms with E-state index in [1.165, 1.54) is 0 Å². The lowest BCUT2D eigenvalue weighted by Gasteiger charge is -2.11. The third-order valence-corrected chi connectivity index (χ3v) is 2.81. The average Bonchev–Trinajstić information content (AvgIpc) is 2.61. The fraction of sp³-hybridized carbons (Fsp3) is 0.385. The van der Waals surface area contributed by atoms with Gasteiger partial charge in [-0.15, -0.1) is 0 Å². The lowest BCUT2D eigenvalue weighted by atomic mass is 10.0. The van der Waals surface area contributed by atoms with Crippen LogP contribution >= 0.6 is 0 Å². The minimum absolute atomic E-state index is 0.0169. The molecule has 0 saturated heterocycles. The van der Waals surface area contributed by atoms with Crippen LogP contribution < -0.4 is 5.73 Å². The van der Waals surface area contributed by atoms with Crippen molar-refractivity contribution < 1.29 is 4.42 Å². The molecule has 1 atom stereocenters. The fourth-order valence-electron chi connectivity index (χ4n) is 1.72. The molecule has 2 rings (SSSR count). The molecule has 0 unspecified atom stereocenters. The van der Waals surface area contributed by atoms with Gasteiger partial charge >= 0.3 is 0 Å². The number of para-hydroxylation sites is 1. The highest BCUT2D eigenvalue weighted by Crippen LogP contribution is 2.28. The molecule has 2 aromatic rings. The second-order valence-corrected chi connectivity index (χ2v) is 4.41. The highest BCUT2D eigenvalue weighted by atomic mass is 16.3. The van der Waals surface area contributed by atoms with E-state index in [9.17, 15) is 0 Å². The number of aryl methyl sites for hydroxylation is 1. The molecular weight excluding hydrogens is 186 g/mol. The first-order valence-corrected chi connectivity index (χ1v) is 5.34. The highest BCUT2D eigenvalue weighted by molar-refractivity contribution is 5.80. The van der Waals surface area contributed by atoms with Gasteiger partial charge in [0.15, 0.2) is 0 Å². The number of hydrogen-bond acceptors (Lipinski definition) is 2. The van der Waals surface area contributed by atoms with Crippen LogP contribution in [0.4, 0.5) is 0 Å². The van der Waals surface area contributed by atoms with Crippen LogP contribution in [0, 0.1) is 12.8 Å². The molecule has 15 heavy (non-hydrogen) atoms. The summed E-state index contributed by atoms with van der Waals surface area (Å²) in [6.45, 7) is 6.26. The van der Waals surface area contributed by atoms with E-state index in [2.05, 4.69) is 32.9 Å². The number of rotatable bonds is 2. The van der Waals surface area contributed by atoms with Gasteiger partial charge in [-0.1, -0.05) is 32.0 Å². The molecule has 1 aromatic carbocycles. The Kier molecular flexibility index (Phi) is 2.53. The molecule has 0 aliphatic carbocycles. The van der Waals surface area contributed by atoms with Gasteiger partial charge in [-0.25, -0.2) is 0 Å². The van der Waals surface area contributed by atoms with Crippen LogP contribution in [0.15, 0.2) is 28.7 Å². The molecule has 2 N–H and O–H groups in total. The van der Waals surface area contributed by atoms with Crippen molar-refractivity contribution in [2.45, 2.75) is 26.8 Å². The van der Waals surface area contributed by atoms with Crippen LogP contribution in [0.3, 0.4) is 0 Å². The summed E-state index contributed by atoms with van der Waals surface area (Å²) in [6, 6.07) is 8.18. The highest BCUT2D eigenvalue weighted by Gasteiger charge is 2.15. The number of nitrogens with two attached hydrogens (primary N) is 1. The van der Waals surface area contributed by atoms with Crippen LogP contribution in [0.1, 0.15) is 31.2 Å². The van der Waals surface area contributed by atoms with Gasteiger partial charge in [-0.3, -0.25) is 0 Å². The second kappa shape index (κ2) is 3.70. The number of hydrogen-bond donors (Lipinski definition) is 1. The van der Waals surface area contributed by atoms with Crippen molar-refractivity contribution in [3.63, 3.8) is 0 Å². The van der Waals surface area contributed by atoms with Crippen molar-refractivity contribution in [3.8, 4) is 0 Å². The fourth-order valence-corrected chi connectivity index (χ4v) is 1.72. The summed E-state index contributed by atoms with van der Waals surface area (Å²) in [5.74, 6) is 1.28. The third kappa shape index (κ3) is 1.77. The van der Waals surface area contributed by atoms with Crippen molar-refractivity contribution in [2.24, 2.45) is 11.7 Å². The summed E-state index contributed by atoms with van der Waals surface area (Å²) >= 11 is 0. The monoisotopic (exact) mass is 203 g/mol. The molecule has 0 bridgehead atoms. The predicted molar refractivity (Wildman–Crippen MR) is 62.7 cm³/mol. The van der Waals surface area contributed by atoms with Crippen molar-refractivity contribution in [2.75, 3.05) is 0 Å². The molecule has 0 aliphatic rings. The molecule has 2 nitrogen and oxygen atoms in total. The van der Waals surface area contributed by atoms with Crippen LogP contribution in [0.5, 0.6) is 0 Å². The van der Waals surface area contributed by atoms with E-state index in [-0.39, 0.29) is 6.04 Å². The van der Waals surface area contributed by atoms with Crippen molar-refractivity contribution in [1.82, 2.24) is 0 Å². The Balaban J connectivity index is 2.52. The Bertz CT molecular complexity index is 470. The van der Waals surface area contributed by atoms with Gasteiger partial charge in [-0.2, -0.15) is 0 Å². The van der Waals surface area contributed by atoms with Crippen molar-refractivity contribution >= 4 is 11.0 Å². The lowest BCUT2D eigenvalue weighted by molar-refractivity contribution is 0.418. The van der Waals surface area contributed by atoms with Gasteiger partial charge in [-0.05, 0) is 24.5 Å². The molecule has 1 heterocycles. The zero-order valence-corrected chi connectivity index (χ0v) is 9.45. The molecular formula is C13H17NO. The predicted octanol–water partition coefficient (Wildman–Crippen LogP) is 3.40. The number of benzene rings is 1. The smallest absolute Gasteiger partial charge is 0.137 e. The largest absolute Gasteiger partial charge is 0.459 e. The molecule has 0 amide bonds. The summed E-state index contributed by atoms with van der Waals surface area (Å²) in [6.07, 6.45) is 0. The molecule has 0 fully saturated rings. The van der Waals surface area contributed by atoms with E-state index in [1.807, 2.05) is 12.1 Å². The van der Waals surface area contributed by atoms with Gasteiger partial charge in [0.2, 0.25) is 0 Å². The molecule has 0 aliphatic heterocycles. The first-order valence-electron chi connectivity index (χ1n) is 5.34. The van der Waals surface area contributed by atoms with Crippen LogP contribution in [-0.2, 0) is 0 Å². The minimum atomic E-state index is -0.0169. The van der Waals surface area contributed by atoms with E-state index < -0.39 is 0 Å². The van der Waals surface area contributed by atoms with E-state index >= 15 is 0 Å². The van der Waals surface area contributed by atoms with Crippen LogP contribution in [0.2, 0.25) is 0 Å². The van der Waals surface area contributed by atoms with Gasteiger partial charge in [0.25, 0.3) is 0 Å². The van der Waals surface area contributed by atoms with Gasteiger partial charge in [0, 0.05) is 5.39 Å². The third-order valence-electron chi connectivity index (χ3n) is 2.81. The quantitative estimate of drug-likeness (QED) is 0.812. The maximum absolute atomic E-state index is 6.06. The van der Waals surface area contributed by atoms with Crippen LogP contribution in [0.25, 0.3) is 11.0 Å².